The maximum atomic E-state index is 6.03. The standard InChI is InChI=1S/C17H28N2O2/c1-3-10-21-16-6-4-14(5-7-16)17(13-18)19(2)15-8-11-20-12-9-15/h4-7,15,17H,3,8-13,18H2,1-2H3. The molecule has 0 aromatic heterocycles. The van der Waals surface area contributed by atoms with Gasteiger partial charge in [-0.15, -0.1) is 0 Å². The van der Waals surface area contributed by atoms with E-state index in [0.29, 0.717) is 12.6 Å². The monoisotopic (exact) mass is 292 g/mol. The molecule has 4 nitrogen and oxygen atoms in total. The van der Waals surface area contributed by atoms with Gasteiger partial charge in [0, 0.05) is 31.8 Å². The summed E-state index contributed by atoms with van der Waals surface area (Å²) in [6.45, 7) is 5.22. The minimum absolute atomic E-state index is 0.258. The van der Waals surface area contributed by atoms with Crippen LogP contribution in [0.2, 0.25) is 0 Å². The topological polar surface area (TPSA) is 47.7 Å². The lowest BCUT2D eigenvalue weighted by Gasteiger charge is -2.37. The minimum Gasteiger partial charge on any atom is -0.494 e. The smallest absolute Gasteiger partial charge is 0.119 e. The molecular formula is C17H28N2O2. The van der Waals surface area contributed by atoms with Crippen LogP contribution in [0.25, 0.3) is 0 Å². The molecule has 2 N–H and O–H groups in total. The third-order valence-electron chi connectivity index (χ3n) is 4.22. The van der Waals surface area contributed by atoms with Gasteiger partial charge >= 0.3 is 0 Å². The van der Waals surface area contributed by atoms with Gasteiger partial charge in [0.25, 0.3) is 0 Å². The second-order valence-electron chi connectivity index (χ2n) is 5.68. The van der Waals surface area contributed by atoms with Crippen LogP contribution in [0, 0.1) is 0 Å². The van der Waals surface area contributed by atoms with E-state index < -0.39 is 0 Å². The van der Waals surface area contributed by atoms with Crippen LogP contribution in [-0.2, 0) is 4.74 Å². The van der Waals surface area contributed by atoms with Crippen molar-refractivity contribution in [2.75, 3.05) is 33.4 Å². The number of nitrogens with zero attached hydrogens (tertiary/aromatic N) is 1. The maximum absolute atomic E-state index is 6.03. The highest BCUT2D eigenvalue weighted by Crippen LogP contribution is 2.26. The van der Waals surface area contributed by atoms with E-state index in [9.17, 15) is 0 Å². The summed E-state index contributed by atoms with van der Waals surface area (Å²) < 4.78 is 11.1. The van der Waals surface area contributed by atoms with E-state index in [2.05, 4.69) is 31.0 Å². The highest BCUT2D eigenvalue weighted by molar-refractivity contribution is 5.29. The van der Waals surface area contributed by atoms with Gasteiger partial charge in [0.05, 0.1) is 6.61 Å². The van der Waals surface area contributed by atoms with Crippen LogP contribution >= 0.6 is 0 Å². The van der Waals surface area contributed by atoms with Crippen molar-refractivity contribution < 1.29 is 9.47 Å². The first kappa shape index (κ1) is 16.3. The third-order valence-corrected chi connectivity index (χ3v) is 4.22. The number of nitrogens with two attached hydrogens (primary N) is 1. The lowest BCUT2D eigenvalue weighted by molar-refractivity contribution is 0.0294. The zero-order valence-corrected chi connectivity index (χ0v) is 13.3. The van der Waals surface area contributed by atoms with Gasteiger partial charge in [0.2, 0.25) is 0 Å². The number of hydrogen-bond acceptors (Lipinski definition) is 4. The number of rotatable bonds is 7. The molecule has 0 amide bonds. The third kappa shape index (κ3) is 4.43. The van der Waals surface area contributed by atoms with Gasteiger partial charge in [-0.3, -0.25) is 4.90 Å². The first-order chi connectivity index (χ1) is 10.3. The summed E-state index contributed by atoms with van der Waals surface area (Å²) in [5.74, 6) is 0.935. The van der Waals surface area contributed by atoms with Gasteiger partial charge < -0.3 is 15.2 Å². The van der Waals surface area contributed by atoms with Crippen molar-refractivity contribution in [1.29, 1.82) is 0 Å². The maximum Gasteiger partial charge on any atom is 0.119 e. The SMILES string of the molecule is CCCOc1ccc(C(CN)N(C)C2CCOCC2)cc1. The molecule has 0 radical (unpaired) electrons. The van der Waals surface area contributed by atoms with Crippen molar-refractivity contribution in [3.05, 3.63) is 29.8 Å². The van der Waals surface area contributed by atoms with Crippen molar-refractivity contribution in [1.82, 2.24) is 4.90 Å². The fraction of sp³-hybridized carbons (Fsp3) is 0.647. The van der Waals surface area contributed by atoms with Gasteiger partial charge in [-0.2, -0.15) is 0 Å². The van der Waals surface area contributed by atoms with E-state index in [1.165, 1.54) is 5.56 Å². The summed E-state index contributed by atoms with van der Waals surface area (Å²) in [6, 6.07) is 9.19. The molecule has 1 atom stereocenters. The molecule has 0 spiro atoms. The fourth-order valence-electron chi connectivity index (χ4n) is 2.89. The van der Waals surface area contributed by atoms with Crippen molar-refractivity contribution in [2.24, 2.45) is 5.73 Å². The summed E-state index contributed by atoms with van der Waals surface area (Å²) in [7, 11) is 2.18. The molecule has 1 aromatic carbocycles. The minimum atomic E-state index is 0.258. The summed E-state index contributed by atoms with van der Waals surface area (Å²) in [6.07, 6.45) is 3.20. The second kappa shape index (κ2) is 8.37. The lowest BCUT2D eigenvalue weighted by atomic mass is 10.0. The molecule has 118 valence electrons. The van der Waals surface area contributed by atoms with Gasteiger partial charge in [-0.25, -0.2) is 0 Å². The molecule has 1 heterocycles. The second-order valence-corrected chi connectivity index (χ2v) is 5.68. The molecule has 1 unspecified atom stereocenters. The van der Waals surface area contributed by atoms with E-state index in [1.54, 1.807) is 0 Å². The molecule has 1 aromatic rings. The summed E-state index contributed by atoms with van der Waals surface area (Å²) >= 11 is 0. The van der Waals surface area contributed by atoms with Crippen molar-refractivity contribution >= 4 is 0 Å². The van der Waals surface area contributed by atoms with E-state index in [4.69, 9.17) is 15.2 Å². The van der Waals surface area contributed by atoms with E-state index in [-0.39, 0.29) is 6.04 Å². The first-order valence-corrected chi connectivity index (χ1v) is 7.98. The van der Waals surface area contributed by atoms with Crippen LogP contribution in [0.4, 0.5) is 0 Å². The van der Waals surface area contributed by atoms with Crippen LogP contribution in [0.3, 0.4) is 0 Å². The number of likely N-dealkylation sites (N-methyl/N-ethyl adjacent to an activating group) is 1. The number of ether oxygens (including phenoxy) is 2. The first-order valence-electron chi connectivity index (χ1n) is 7.98. The molecule has 21 heavy (non-hydrogen) atoms. The Bertz CT molecular complexity index is 402. The Hall–Kier alpha value is -1.10. The highest BCUT2D eigenvalue weighted by atomic mass is 16.5. The van der Waals surface area contributed by atoms with E-state index >= 15 is 0 Å². The molecule has 1 aliphatic rings. The van der Waals surface area contributed by atoms with Crippen molar-refractivity contribution in [3.8, 4) is 5.75 Å². The highest BCUT2D eigenvalue weighted by Gasteiger charge is 2.25. The summed E-state index contributed by atoms with van der Waals surface area (Å²) in [5, 5.41) is 0. The molecule has 4 heteroatoms. The Kier molecular flexibility index (Phi) is 6.49. The molecule has 0 bridgehead atoms. The molecule has 1 aliphatic heterocycles. The Morgan fingerprint density at radius 1 is 1.29 bits per heavy atom. The molecule has 0 aliphatic carbocycles. The Morgan fingerprint density at radius 3 is 2.52 bits per heavy atom. The predicted octanol–water partition coefficient (Wildman–Crippen LogP) is 2.59. The van der Waals surface area contributed by atoms with Gasteiger partial charge in [-0.1, -0.05) is 19.1 Å². The number of hydrogen-bond donors (Lipinski definition) is 1. The van der Waals surface area contributed by atoms with Gasteiger partial charge in [-0.05, 0) is 44.0 Å². The van der Waals surface area contributed by atoms with Crippen molar-refractivity contribution in [3.63, 3.8) is 0 Å². The molecular weight excluding hydrogens is 264 g/mol. The molecule has 0 saturated carbocycles. The summed E-state index contributed by atoms with van der Waals surface area (Å²) in [5.41, 5.74) is 7.29. The predicted molar refractivity (Wildman–Crippen MR) is 85.6 cm³/mol. The normalized spacial score (nSPS) is 17.9. The Labute approximate surface area is 128 Å². The molecule has 1 fully saturated rings. The zero-order chi connectivity index (χ0) is 15.1. The molecule has 2 rings (SSSR count). The lowest BCUT2D eigenvalue weighted by Crippen LogP contribution is -2.41. The average Bonchev–Trinajstić information content (AvgIpc) is 2.55. The Morgan fingerprint density at radius 2 is 1.95 bits per heavy atom. The molecule has 1 saturated heterocycles. The van der Waals surface area contributed by atoms with Crippen LogP contribution < -0.4 is 10.5 Å². The largest absolute Gasteiger partial charge is 0.494 e. The van der Waals surface area contributed by atoms with Crippen LogP contribution in [-0.4, -0.2) is 44.4 Å². The van der Waals surface area contributed by atoms with E-state index in [0.717, 1.165) is 44.8 Å². The average molecular weight is 292 g/mol. The van der Waals surface area contributed by atoms with Crippen LogP contribution in [0.5, 0.6) is 5.75 Å². The van der Waals surface area contributed by atoms with E-state index in [1.807, 2.05) is 12.1 Å². The summed E-state index contributed by atoms with van der Waals surface area (Å²) in [4.78, 5) is 2.41. The van der Waals surface area contributed by atoms with Gasteiger partial charge in [0.15, 0.2) is 0 Å². The van der Waals surface area contributed by atoms with Crippen LogP contribution in [0.15, 0.2) is 24.3 Å². The van der Waals surface area contributed by atoms with Gasteiger partial charge in [0.1, 0.15) is 5.75 Å². The quantitative estimate of drug-likeness (QED) is 0.839. The Balaban J connectivity index is 2.01. The number of benzene rings is 1. The fourth-order valence-corrected chi connectivity index (χ4v) is 2.89. The van der Waals surface area contributed by atoms with Crippen LogP contribution in [0.1, 0.15) is 37.8 Å². The van der Waals surface area contributed by atoms with Crippen molar-refractivity contribution in [2.45, 2.75) is 38.3 Å². The zero-order valence-electron chi connectivity index (χ0n) is 13.3.